The van der Waals surface area contributed by atoms with Gasteiger partial charge in [0.15, 0.2) is 0 Å². The van der Waals surface area contributed by atoms with Crippen molar-refractivity contribution in [1.29, 1.82) is 0 Å². The van der Waals surface area contributed by atoms with Crippen LogP contribution >= 0.6 is 0 Å². The Balaban J connectivity index is 2.24. The van der Waals surface area contributed by atoms with Crippen molar-refractivity contribution >= 4 is 5.97 Å². The lowest BCUT2D eigenvalue weighted by molar-refractivity contribution is 0.0525. The van der Waals surface area contributed by atoms with Gasteiger partial charge in [-0.2, -0.15) is 9.49 Å². The fraction of sp³-hybridized carbons (Fsp3) is 0.308. The van der Waals surface area contributed by atoms with E-state index < -0.39 is 11.9 Å². The highest BCUT2D eigenvalue weighted by molar-refractivity contribution is 5.90. The first-order chi connectivity index (χ1) is 9.11. The van der Waals surface area contributed by atoms with Crippen molar-refractivity contribution in [3.05, 3.63) is 46.8 Å². The van der Waals surface area contributed by atoms with Crippen molar-refractivity contribution in [3.63, 3.8) is 0 Å². The van der Waals surface area contributed by atoms with Crippen LogP contribution in [0.3, 0.4) is 0 Å². The van der Waals surface area contributed by atoms with E-state index in [1.165, 1.54) is 12.3 Å². The molecule has 0 spiro atoms. The first-order valence-electron chi connectivity index (χ1n) is 5.93. The maximum atomic E-state index is 12.9. The third kappa shape index (κ3) is 2.96. The predicted octanol–water partition coefficient (Wildman–Crippen LogP) is 2.02. The molecule has 0 atom stereocenters. The second-order valence-corrected chi connectivity index (χ2v) is 4.02. The highest BCUT2D eigenvalue weighted by Crippen LogP contribution is 2.15. The second kappa shape index (κ2) is 5.60. The number of halogens is 1. The molecule has 2 heterocycles. The zero-order chi connectivity index (χ0) is 13.8. The second-order valence-electron chi connectivity index (χ2n) is 4.02. The van der Waals surface area contributed by atoms with Crippen molar-refractivity contribution in [1.82, 2.24) is 15.2 Å². The Morgan fingerprint density at radius 1 is 1.47 bits per heavy atom. The number of carbonyl (C=O) groups is 1. The minimum Gasteiger partial charge on any atom is -0.462 e. The molecule has 0 saturated carbocycles. The number of aryl methyl sites for hydroxylation is 1. The molecule has 100 valence electrons. The van der Waals surface area contributed by atoms with Crippen LogP contribution in [0.4, 0.5) is 4.39 Å². The van der Waals surface area contributed by atoms with E-state index in [0.29, 0.717) is 30.0 Å². The Kier molecular flexibility index (Phi) is 3.89. The lowest BCUT2D eigenvalue weighted by Crippen LogP contribution is -2.07. The number of nitrogens with zero attached hydrogens (tertiary/aromatic N) is 2. The van der Waals surface area contributed by atoms with Crippen LogP contribution in [-0.4, -0.2) is 27.8 Å². The molecular weight excluding hydrogens is 249 g/mol. The average Bonchev–Trinajstić information content (AvgIpc) is 2.81. The number of nitrogens with one attached hydrogen (secondary N) is 1. The van der Waals surface area contributed by atoms with Gasteiger partial charge in [-0.15, -0.1) is 0 Å². The number of rotatable bonds is 4. The Bertz CT molecular complexity index is 595. The summed E-state index contributed by atoms with van der Waals surface area (Å²) in [6.07, 6.45) is 1.90. The van der Waals surface area contributed by atoms with Gasteiger partial charge in [0.25, 0.3) is 0 Å². The summed E-state index contributed by atoms with van der Waals surface area (Å²) in [5, 5.41) is 6.67. The van der Waals surface area contributed by atoms with E-state index in [-0.39, 0.29) is 0 Å². The predicted molar refractivity (Wildman–Crippen MR) is 66.3 cm³/mol. The van der Waals surface area contributed by atoms with Crippen LogP contribution in [0.1, 0.15) is 34.2 Å². The SMILES string of the molecule is CCOC(=O)c1c[nH]nc1Cc1ccc(F)nc1C. The van der Waals surface area contributed by atoms with Gasteiger partial charge in [-0.3, -0.25) is 5.10 Å². The number of ether oxygens (including phenoxy) is 1. The van der Waals surface area contributed by atoms with Crippen molar-refractivity contribution in [2.75, 3.05) is 6.61 Å². The molecule has 2 aromatic heterocycles. The molecular formula is C13H14FN3O2. The molecule has 6 heteroatoms. The third-order valence-electron chi connectivity index (χ3n) is 2.73. The number of esters is 1. The van der Waals surface area contributed by atoms with Crippen LogP contribution in [0.25, 0.3) is 0 Å². The Morgan fingerprint density at radius 2 is 2.26 bits per heavy atom. The lowest BCUT2D eigenvalue weighted by atomic mass is 10.1. The van der Waals surface area contributed by atoms with E-state index in [1.54, 1.807) is 19.9 Å². The van der Waals surface area contributed by atoms with Gasteiger partial charge >= 0.3 is 5.97 Å². The van der Waals surface area contributed by atoms with Crippen LogP contribution in [0.5, 0.6) is 0 Å². The van der Waals surface area contributed by atoms with Crippen molar-refractivity contribution in [2.45, 2.75) is 20.3 Å². The van der Waals surface area contributed by atoms with E-state index in [9.17, 15) is 9.18 Å². The van der Waals surface area contributed by atoms with Gasteiger partial charge < -0.3 is 4.74 Å². The zero-order valence-electron chi connectivity index (χ0n) is 10.7. The van der Waals surface area contributed by atoms with Gasteiger partial charge in [0.05, 0.1) is 12.3 Å². The summed E-state index contributed by atoms with van der Waals surface area (Å²) in [5.41, 5.74) is 2.36. The van der Waals surface area contributed by atoms with E-state index in [0.717, 1.165) is 5.56 Å². The van der Waals surface area contributed by atoms with Gasteiger partial charge in [-0.1, -0.05) is 6.07 Å². The van der Waals surface area contributed by atoms with Crippen LogP contribution < -0.4 is 0 Å². The van der Waals surface area contributed by atoms with Gasteiger partial charge in [0.1, 0.15) is 5.56 Å². The Labute approximate surface area is 109 Å². The highest BCUT2D eigenvalue weighted by atomic mass is 19.1. The molecule has 0 saturated heterocycles. The van der Waals surface area contributed by atoms with E-state index in [1.807, 2.05) is 0 Å². The molecule has 0 amide bonds. The molecule has 0 fully saturated rings. The summed E-state index contributed by atoms with van der Waals surface area (Å²) in [4.78, 5) is 15.4. The normalized spacial score (nSPS) is 10.5. The summed E-state index contributed by atoms with van der Waals surface area (Å²) in [6, 6.07) is 2.93. The number of hydrogen-bond donors (Lipinski definition) is 1. The molecule has 0 aliphatic heterocycles. The fourth-order valence-electron chi connectivity index (χ4n) is 1.77. The van der Waals surface area contributed by atoms with E-state index in [2.05, 4.69) is 15.2 Å². The first-order valence-corrected chi connectivity index (χ1v) is 5.93. The fourth-order valence-corrected chi connectivity index (χ4v) is 1.77. The van der Waals surface area contributed by atoms with Crippen molar-refractivity contribution in [3.8, 4) is 0 Å². The van der Waals surface area contributed by atoms with Gasteiger partial charge in [-0.25, -0.2) is 9.78 Å². The van der Waals surface area contributed by atoms with Crippen LogP contribution in [-0.2, 0) is 11.2 Å². The molecule has 19 heavy (non-hydrogen) atoms. The first kappa shape index (κ1) is 13.2. The molecule has 0 aliphatic rings. The molecule has 2 rings (SSSR count). The van der Waals surface area contributed by atoms with Gasteiger partial charge in [0.2, 0.25) is 5.95 Å². The summed E-state index contributed by atoms with van der Waals surface area (Å²) in [5.74, 6) is -0.937. The maximum Gasteiger partial charge on any atom is 0.341 e. The molecule has 0 unspecified atom stereocenters. The zero-order valence-corrected chi connectivity index (χ0v) is 10.7. The minimum atomic E-state index is -0.520. The number of aromatic nitrogens is 3. The summed E-state index contributed by atoms with van der Waals surface area (Å²) < 4.78 is 17.9. The molecule has 2 aromatic rings. The van der Waals surface area contributed by atoms with E-state index >= 15 is 0 Å². The van der Waals surface area contributed by atoms with Gasteiger partial charge in [0, 0.05) is 18.3 Å². The quantitative estimate of drug-likeness (QED) is 0.677. The standard InChI is InChI=1S/C13H14FN3O2/c1-3-19-13(18)10-7-15-17-11(10)6-9-4-5-12(14)16-8(9)2/h4-5,7H,3,6H2,1-2H3,(H,15,17). The molecule has 1 N–H and O–H groups in total. The third-order valence-corrected chi connectivity index (χ3v) is 2.73. The van der Waals surface area contributed by atoms with Crippen molar-refractivity contribution < 1.29 is 13.9 Å². The topological polar surface area (TPSA) is 67.9 Å². The number of H-pyrrole nitrogens is 1. The molecule has 5 nitrogen and oxygen atoms in total. The molecule has 0 radical (unpaired) electrons. The Morgan fingerprint density at radius 3 is 2.95 bits per heavy atom. The maximum absolute atomic E-state index is 12.9. The molecule has 0 aliphatic carbocycles. The number of hydrogen-bond acceptors (Lipinski definition) is 4. The highest BCUT2D eigenvalue weighted by Gasteiger charge is 2.16. The van der Waals surface area contributed by atoms with Crippen molar-refractivity contribution in [2.24, 2.45) is 0 Å². The summed E-state index contributed by atoms with van der Waals surface area (Å²) in [6.45, 7) is 3.77. The number of pyridine rings is 1. The molecule has 0 bridgehead atoms. The monoisotopic (exact) mass is 263 g/mol. The lowest BCUT2D eigenvalue weighted by Gasteiger charge is -2.05. The van der Waals surface area contributed by atoms with Gasteiger partial charge in [-0.05, 0) is 25.5 Å². The molecule has 0 aromatic carbocycles. The van der Waals surface area contributed by atoms with Crippen LogP contribution in [0.15, 0.2) is 18.3 Å². The number of carbonyl (C=O) groups excluding carboxylic acids is 1. The average molecular weight is 263 g/mol. The van der Waals surface area contributed by atoms with Crippen LogP contribution in [0, 0.1) is 12.9 Å². The van der Waals surface area contributed by atoms with Crippen LogP contribution in [0.2, 0.25) is 0 Å². The smallest absolute Gasteiger partial charge is 0.341 e. The largest absolute Gasteiger partial charge is 0.462 e. The number of aromatic amines is 1. The minimum absolute atomic E-state index is 0.306. The summed E-state index contributed by atoms with van der Waals surface area (Å²) >= 11 is 0. The Hall–Kier alpha value is -2.24. The van der Waals surface area contributed by atoms with E-state index in [4.69, 9.17) is 4.74 Å². The summed E-state index contributed by atoms with van der Waals surface area (Å²) in [7, 11) is 0.